The van der Waals surface area contributed by atoms with Crippen LogP contribution in [0.15, 0.2) is 0 Å². The molecule has 0 aromatic heterocycles. The van der Waals surface area contributed by atoms with Crippen molar-refractivity contribution in [2.75, 3.05) is 50.8 Å². The molecule has 0 spiro atoms. The van der Waals surface area contributed by atoms with Gasteiger partial charge in [0.15, 0.2) is 0 Å². The third-order valence-electron chi connectivity index (χ3n) is 3.38. The summed E-state index contributed by atoms with van der Waals surface area (Å²) in [6.45, 7) is 8.13. The van der Waals surface area contributed by atoms with E-state index in [4.69, 9.17) is 9.11 Å². The second-order valence-corrected chi connectivity index (χ2v) is 8.29. The van der Waals surface area contributed by atoms with Gasteiger partial charge in [-0.25, -0.2) is 0 Å². The Bertz CT molecular complexity index is 446. The highest BCUT2D eigenvalue weighted by atomic mass is 32.2. The lowest BCUT2D eigenvalue weighted by atomic mass is 10.3. The molecule has 0 radical (unpaired) electrons. The van der Waals surface area contributed by atoms with Crippen LogP contribution in [0.25, 0.3) is 0 Å². The van der Waals surface area contributed by atoms with Crippen molar-refractivity contribution in [2.24, 2.45) is 0 Å². The third-order valence-corrected chi connectivity index (χ3v) is 4.99. The molecular formula is C12H28N2O6S2. The van der Waals surface area contributed by atoms with Crippen LogP contribution in [0, 0.1) is 0 Å². The summed E-state index contributed by atoms with van der Waals surface area (Å²) in [6.07, 6.45) is 0.753. The van der Waals surface area contributed by atoms with Crippen LogP contribution in [0.3, 0.4) is 0 Å². The number of likely N-dealkylation sites (N-methyl/N-ethyl adjacent to an activating group) is 2. The molecule has 0 saturated heterocycles. The van der Waals surface area contributed by atoms with Gasteiger partial charge in [-0.3, -0.25) is 9.11 Å². The molecule has 0 aliphatic heterocycles. The van der Waals surface area contributed by atoms with Crippen molar-refractivity contribution in [3.8, 4) is 0 Å². The minimum atomic E-state index is -3.91. The Morgan fingerprint density at radius 2 is 1.00 bits per heavy atom. The standard InChI is InChI=1S/C12H28N2O6S2/c1-3-13(7-5-11-21(15,16)17)9-10-14(4-2)8-6-12-22(18,19)20/h3-12H2,1-2H3,(H,15,16,17)(H,18,19,20). The van der Waals surface area contributed by atoms with Gasteiger partial charge in [-0.2, -0.15) is 16.8 Å². The topological polar surface area (TPSA) is 115 Å². The molecule has 0 bridgehead atoms. The predicted octanol–water partition coefficient (Wildman–Crippen LogP) is 0.186. The number of rotatable bonds is 13. The van der Waals surface area contributed by atoms with Crippen LogP contribution in [-0.4, -0.2) is 86.5 Å². The Balaban J connectivity index is 4.06. The molecule has 22 heavy (non-hydrogen) atoms. The van der Waals surface area contributed by atoms with Crippen LogP contribution in [0.1, 0.15) is 26.7 Å². The van der Waals surface area contributed by atoms with E-state index in [0.717, 1.165) is 26.2 Å². The normalized spacial score (nSPS) is 13.2. The fourth-order valence-electron chi connectivity index (χ4n) is 2.08. The summed E-state index contributed by atoms with van der Waals surface area (Å²) in [5.74, 6) is -0.481. The largest absolute Gasteiger partial charge is 0.302 e. The first-order valence-corrected chi connectivity index (χ1v) is 10.6. The first-order valence-electron chi connectivity index (χ1n) is 7.42. The van der Waals surface area contributed by atoms with Gasteiger partial charge in [0, 0.05) is 13.1 Å². The Hall–Kier alpha value is -0.260. The quantitative estimate of drug-likeness (QED) is 0.447. The second-order valence-electron chi connectivity index (χ2n) is 5.15. The maximum Gasteiger partial charge on any atom is 0.264 e. The van der Waals surface area contributed by atoms with Crippen LogP contribution in [0.5, 0.6) is 0 Å². The lowest BCUT2D eigenvalue weighted by Crippen LogP contribution is -2.36. The van der Waals surface area contributed by atoms with E-state index in [1.54, 1.807) is 0 Å². The lowest BCUT2D eigenvalue weighted by molar-refractivity contribution is 0.215. The van der Waals surface area contributed by atoms with E-state index < -0.39 is 20.2 Å². The van der Waals surface area contributed by atoms with E-state index in [0.29, 0.717) is 25.9 Å². The monoisotopic (exact) mass is 360 g/mol. The highest BCUT2D eigenvalue weighted by Crippen LogP contribution is 1.99. The molecule has 0 atom stereocenters. The smallest absolute Gasteiger partial charge is 0.264 e. The summed E-state index contributed by atoms with van der Waals surface area (Å²) in [5, 5.41) is 0. The van der Waals surface area contributed by atoms with E-state index >= 15 is 0 Å². The molecule has 134 valence electrons. The summed E-state index contributed by atoms with van der Waals surface area (Å²) in [5.41, 5.74) is 0. The van der Waals surface area contributed by atoms with Crippen molar-refractivity contribution < 1.29 is 25.9 Å². The van der Waals surface area contributed by atoms with Crippen molar-refractivity contribution in [1.29, 1.82) is 0 Å². The van der Waals surface area contributed by atoms with Crippen molar-refractivity contribution in [3.63, 3.8) is 0 Å². The average molecular weight is 360 g/mol. The first kappa shape index (κ1) is 21.7. The van der Waals surface area contributed by atoms with Crippen LogP contribution in [-0.2, 0) is 20.2 Å². The summed E-state index contributed by atoms with van der Waals surface area (Å²) in [7, 11) is -7.82. The molecule has 0 aliphatic rings. The van der Waals surface area contributed by atoms with Crippen LogP contribution >= 0.6 is 0 Å². The van der Waals surface area contributed by atoms with Gasteiger partial charge in [-0.05, 0) is 39.0 Å². The Morgan fingerprint density at radius 1 is 0.682 bits per heavy atom. The van der Waals surface area contributed by atoms with Gasteiger partial charge in [0.25, 0.3) is 20.2 Å². The average Bonchev–Trinajstić information content (AvgIpc) is 2.37. The summed E-state index contributed by atoms with van der Waals surface area (Å²) in [4.78, 5) is 4.16. The van der Waals surface area contributed by atoms with Gasteiger partial charge in [0.2, 0.25) is 0 Å². The maximum atomic E-state index is 10.7. The molecular weight excluding hydrogens is 332 g/mol. The minimum Gasteiger partial charge on any atom is -0.302 e. The molecule has 10 heteroatoms. The van der Waals surface area contributed by atoms with Crippen LogP contribution in [0.4, 0.5) is 0 Å². The van der Waals surface area contributed by atoms with Crippen molar-refractivity contribution in [3.05, 3.63) is 0 Å². The fraction of sp³-hybridized carbons (Fsp3) is 1.00. The zero-order valence-electron chi connectivity index (χ0n) is 13.3. The molecule has 0 aromatic carbocycles. The maximum absolute atomic E-state index is 10.7. The molecule has 2 N–H and O–H groups in total. The number of hydrogen-bond donors (Lipinski definition) is 2. The Morgan fingerprint density at radius 3 is 1.23 bits per heavy atom. The van der Waals surface area contributed by atoms with Gasteiger partial charge in [0.1, 0.15) is 0 Å². The van der Waals surface area contributed by atoms with Crippen LogP contribution in [0.2, 0.25) is 0 Å². The van der Waals surface area contributed by atoms with E-state index in [9.17, 15) is 16.8 Å². The molecule has 8 nitrogen and oxygen atoms in total. The summed E-state index contributed by atoms with van der Waals surface area (Å²) in [6, 6.07) is 0. The van der Waals surface area contributed by atoms with Crippen molar-refractivity contribution >= 4 is 20.2 Å². The molecule has 0 unspecified atom stereocenters. The van der Waals surface area contributed by atoms with Crippen molar-refractivity contribution in [1.82, 2.24) is 9.80 Å². The zero-order chi connectivity index (χ0) is 17.2. The molecule has 0 aliphatic carbocycles. The summed E-state index contributed by atoms with van der Waals surface area (Å²) >= 11 is 0. The highest BCUT2D eigenvalue weighted by Gasteiger charge is 2.11. The second kappa shape index (κ2) is 10.5. The molecule has 0 aromatic rings. The molecule has 0 heterocycles. The first-order chi connectivity index (χ1) is 10.1. The minimum absolute atomic E-state index is 0.241. The predicted molar refractivity (Wildman–Crippen MR) is 86.3 cm³/mol. The highest BCUT2D eigenvalue weighted by molar-refractivity contribution is 7.86. The molecule has 0 fully saturated rings. The van der Waals surface area contributed by atoms with Gasteiger partial charge in [-0.1, -0.05) is 13.8 Å². The molecule has 0 rings (SSSR count). The lowest BCUT2D eigenvalue weighted by Gasteiger charge is -2.25. The van der Waals surface area contributed by atoms with Gasteiger partial charge < -0.3 is 9.80 Å². The van der Waals surface area contributed by atoms with Gasteiger partial charge in [0.05, 0.1) is 11.5 Å². The van der Waals surface area contributed by atoms with Crippen molar-refractivity contribution in [2.45, 2.75) is 26.7 Å². The van der Waals surface area contributed by atoms with E-state index in [1.807, 2.05) is 13.8 Å². The number of nitrogens with zero attached hydrogens (tertiary/aromatic N) is 2. The molecule has 0 amide bonds. The van der Waals surface area contributed by atoms with Gasteiger partial charge in [-0.15, -0.1) is 0 Å². The van der Waals surface area contributed by atoms with E-state index in [-0.39, 0.29) is 11.5 Å². The number of hydrogen-bond acceptors (Lipinski definition) is 6. The fourth-order valence-corrected chi connectivity index (χ4v) is 3.07. The van der Waals surface area contributed by atoms with E-state index in [1.165, 1.54) is 0 Å². The molecule has 0 saturated carbocycles. The Labute approximate surface area is 134 Å². The van der Waals surface area contributed by atoms with Gasteiger partial charge >= 0.3 is 0 Å². The zero-order valence-corrected chi connectivity index (χ0v) is 14.9. The Kier molecular flexibility index (Phi) is 10.4. The van der Waals surface area contributed by atoms with E-state index in [2.05, 4.69) is 9.80 Å². The summed E-state index contributed by atoms with van der Waals surface area (Å²) < 4.78 is 60.1. The van der Waals surface area contributed by atoms with Crippen LogP contribution < -0.4 is 0 Å². The third kappa shape index (κ3) is 13.4. The SMILES string of the molecule is CCN(CCCS(=O)(=O)O)CCN(CC)CCCS(=O)(=O)O.